The van der Waals surface area contributed by atoms with Crippen LogP contribution in [0.3, 0.4) is 0 Å². The van der Waals surface area contributed by atoms with Gasteiger partial charge in [-0.2, -0.15) is 0 Å². The fourth-order valence-electron chi connectivity index (χ4n) is 8.09. The SMILES string of the molecule is CCCCCCCCCCCCCCCCCCC1(CCCCCCCCCCCCCCCCCC)OC(CCOC)C(CCN(C)C)O1. The highest BCUT2D eigenvalue weighted by molar-refractivity contribution is 4.87. The summed E-state index contributed by atoms with van der Waals surface area (Å²) in [5.41, 5.74) is 0. The topological polar surface area (TPSA) is 30.9 Å². The molecule has 2 unspecified atom stereocenters. The van der Waals surface area contributed by atoms with Crippen LogP contribution in [0.5, 0.6) is 0 Å². The van der Waals surface area contributed by atoms with Crippen LogP contribution in [0.25, 0.3) is 0 Å². The zero-order valence-corrected chi connectivity index (χ0v) is 35.2. The quantitative estimate of drug-likeness (QED) is 0.0593. The highest BCUT2D eigenvalue weighted by Crippen LogP contribution is 2.40. The van der Waals surface area contributed by atoms with Crippen LogP contribution in [0.2, 0.25) is 0 Å². The van der Waals surface area contributed by atoms with Crippen molar-refractivity contribution in [1.29, 1.82) is 0 Å². The highest BCUT2D eigenvalue weighted by Gasteiger charge is 2.46. The summed E-state index contributed by atoms with van der Waals surface area (Å²) in [4.78, 5) is 2.28. The lowest BCUT2D eigenvalue weighted by molar-refractivity contribution is -0.188. The third-order valence-electron chi connectivity index (χ3n) is 11.4. The van der Waals surface area contributed by atoms with Gasteiger partial charge in [-0.15, -0.1) is 0 Å². The van der Waals surface area contributed by atoms with E-state index in [1.807, 2.05) is 7.11 Å². The van der Waals surface area contributed by atoms with Gasteiger partial charge in [-0.05, 0) is 39.8 Å². The maximum absolute atomic E-state index is 6.95. The molecule has 1 heterocycles. The van der Waals surface area contributed by atoms with Gasteiger partial charge in [-0.25, -0.2) is 0 Å². The largest absolute Gasteiger partial charge is 0.385 e. The van der Waals surface area contributed by atoms with E-state index in [4.69, 9.17) is 14.2 Å². The molecule has 2 atom stereocenters. The van der Waals surface area contributed by atoms with Crippen LogP contribution < -0.4 is 0 Å². The average Bonchev–Trinajstić information content (AvgIpc) is 3.46. The minimum atomic E-state index is -0.374. The molecule has 1 rings (SSSR count). The minimum absolute atomic E-state index is 0.164. The van der Waals surface area contributed by atoms with E-state index in [1.165, 1.54) is 205 Å². The second-order valence-electron chi connectivity index (χ2n) is 16.7. The van der Waals surface area contributed by atoms with E-state index in [1.54, 1.807) is 0 Å². The third kappa shape index (κ3) is 28.4. The van der Waals surface area contributed by atoms with Crippen molar-refractivity contribution >= 4 is 0 Å². The lowest BCUT2D eigenvalue weighted by Gasteiger charge is -2.29. The summed E-state index contributed by atoms with van der Waals surface area (Å²) >= 11 is 0. The normalized spacial score (nSPS) is 17.4. The Morgan fingerprint density at radius 3 is 0.980 bits per heavy atom. The van der Waals surface area contributed by atoms with Crippen LogP contribution in [0.15, 0.2) is 0 Å². The molecule has 0 N–H and O–H groups in total. The number of unbranched alkanes of at least 4 members (excludes halogenated alkanes) is 30. The van der Waals surface area contributed by atoms with Gasteiger partial charge in [-0.1, -0.05) is 206 Å². The number of hydrogen-bond acceptors (Lipinski definition) is 4. The van der Waals surface area contributed by atoms with Crippen LogP contribution >= 0.6 is 0 Å². The summed E-state index contributed by atoms with van der Waals surface area (Å²) in [7, 11) is 6.14. The van der Waals surface area contributed by atoms with Crippen LogP contribution in [0, 0.1) is 0 Å². The van der Waals surface area contributed by atoms with Gasteiger partial charge < -0.3 is 19.1 Å². The van der Waals surface area contributed by atoms with E-state index in [0.29, 0.717) is 0 Å². The molecule has 1 fully saturated rings. The molecule has 0 aliphatic carbocycles. The Hall–Kier alpha value is -0.160. The first-order valence-corrected chi connectivity index (χ1v) is 23.1. The molecule has 0 saturated carbocycles. The second-order valence-corrected chi connectivity index (χ2v) is 16.7. The second kappa shape index (κ2) is 35.8. The van der Waals surface area contributed by atoms with Crippen molar-refractivity contribution in [3.05, 3.63) is 0 Å². The smallest absolute Gasteiger partial charge is 0.169 e. The maximum atomic E-state index is 6.95. The first-order valence-electron chi connectivity index (χ1n) is 23.1. The number of hydrogen-bond donors (Lipinski definition) is 0. The Balaban J connectivity index is 2.28. The molecule has 4 heteroatoms. The van der Waals surface area contributed by atoms with Gasteiger partial charge in [0.25, 0.3) is 0 Å². The van der Waals surface area contributed by atoms with Crippen molar-refractivity contribution in [2.24, 2.45) is 0 Å². The lowest BCUT2D eigenvalue weighted by Crippen LogP contribution is -2.31. The van der Waals surface area contributed by atoms with E-state index in [-0.39, 0.29) is 18.0 Å². The number of nitrogens with zero attached hydrogens (tertiary/aromatic N) is 1. The molecule has 300 valence electrons. The summed E-state index contributed by atoms with van der Waals surface area (Å²) in [6, 6.07) is 0. The molecule has 0 aromatic heterocycles. The minimum Gasteiger partial charge on any atom is -0.385 e. The first-order chi connectivity index (χ1) is 24.6. The molecule has 1 saturated heterocycles. The summed E-state index contributed by atoms with van der Waals surface area (Å²) in [6.45, 7) is 6.41. The third-order valence-corrected chi connectivity index (χ3v) is 11.4. The zero-order valence-electron chi connectivity index (χ0n) is 35.2. The first kappa shape index (κ1) is 47.9. The van der Waals surface area contributed by atoms with E-state index in [0.717, 1.165) is 38.8 Å². The monoisotopic (exact) mass is 708 g/mol. The van der Waals surface area contributed by atoms with Crippen molar-refractivity contribution in [3.8, 4) is 0 Å². The van der Waals surface area contributed by atoms with Gasteiger partial charge in [0.2, 0.25) is 0 Å². The van der Waals surface area contributed by atoms with Crippen LogP contribution in [-0.4, -0.2) is 57.3 Å². The lowest BCUT2D eigenvalue weighted by atomic mass is 9.98. The Kier molecular flexibility index (Phi) is 34.3. The molecule has 0 aromatic carbocycles. The van der Waals surface area contributed by atoms with Gasteiger partial charge in [-0.3, -0.25) is 0 Å². The Bertz CT molecular complexity index is 634. The van der Waals surface area contributed by atoms with Gasteiger partial charge in [0.15, 0.2) is 5.79 Å². The molecule has 0 aromatic rings. The molecule has 0 spiro atoms. The molecule has 0 radical (unpaired) electrons. The summed E-state index contributed by atoms with van der Waals surface area (Å²) in [5, 5.41) is 0. The standard InChI is InChI=1S/C46H93NO3/c1-6-8-10-12-14-16-18-20-22-24-26-28-30-32-34-36-40-46(49-44(38-42-47(3)4)45(50-46)39-43-48-5)41-37-35-33-31-29-27-25-23-21-19-17-15-13-11-9-7-2/h44-45H,6-43H2,1-5H3. The molecular formula is C46H93NO3. The van der Waals surface area contributed by atoms with E-state index < -0.39 is 0 Å². The van der Waals surface area contributed by atoms with Crippen molar-refractivity contribution in [2.45, 2.75) is 263 Å². The molecule has 0 amide bonds. The van der Waals surface area contributed by atoms with Crippen LogP contribution in [0.4, 0.5) is 0 Å². The fraction of sp³-hybridized carbons (Fsp3) is 1.00. The van der Waals surface area contributed by atoms with Crippen molar-refractivity contribution < 1.29 is 14.2 Å². The van der Waals surface area contributed by atoms with Gasteiger partial charge in [0.1, 0.15) is 0 Å². The summed E-state index contributed by atoms with van der Waals surface area (Å²) in [6.07, 6.45) is 49.6. The number of ether oxygens (including phenoxy) is 3. The predicted octanol–water partition coefficient (Wildman–Crippen LogP) is 14.8. The molecule has 1 aliphatic rings. The Morgan fingerprint density at radius 2 is 0.700 bits per heavy atom. The van der Waals surface area contributed by atoms with Crippen molar-refractivity contribution in [1.82, 2.24) is 4.90 Å². The zero-order chi connectivity index (χ0) is 36.2. The maximum Gasteiger partial charge on any atom is 0.169 e. The fourth-order valence-corrected chi connectivity index (χ4v) is 8.09. The van der Waals surface area contributed by atoms with Gasteiger partial charge >= 0.3 is 0 Å². The predicted molar refractivity (Wildman–Crippen MR) is 220 cm³/mol. The van der Waals surface area contributed by atoms with E-state index in [2.05, 4.69) is 32.8 Å². The van der Waals surface area contributed by atoms with Crippen molar-refractivity contribution in [2.75, 3.05) is 34.4 Å². The van der Waals surface area contributed by atoms with Gasteiger partial charge in [0.05, 0.1) is 12.2 Å². The van der Waals surface area contributed by atoms with Gasteiger partial charge in [0, 0.05) is 33.1 Å². The molecular weight excluding hydrogens is 615 g/mol. The molecule has 4 nitrogen and oxygen atoms in total. The Labute approximate surface area is 315 Å². The summed E-state index contributed by atoms with van der Waals surface area (Å²) in [5.74, 6) is -0.374. The number of methoxy groups -OCH3 is 1. The van der Waals surface area contributed by atoms with E-state index >= 15 is 0 Å². The molecule has 0 bridgehead atoms. The number of rotatable bonds is 40. The highest BCUT2D eigenvalue weighted by atomic mass is 16.8. The van der Waals surface area contributed by atoms with Crippen molar-refractivity contribution in [3.63, 3.8) is 0 Å². The molecule has 50 heavy (non-hydrogen) atoms. The van der Waals surface area contributed by atoms with E-state index in [9.17, 15) is 0 Å². The average molecular weight is 708 g/mol. The van der Waals surface area contributed by atoms with Crippen LogP contribution in [0.1, 0.15) is 245 Å². The van der Waals surface area contributed by atoms with Crippen LogP contribution in [-0.2, 0) is 14.2 Å². The Morgan fingerprint density at radius 1 is 0.420 bits per heavy atom. The molecule has 1 aliphatic heterocycles. The summed E-state index contributed by atoms with van der Waals surface area (Å²) < 4.78 is 19.4.